The van der Waals surface area contributed by atoms with E-state index in [-0.39, 0.29) is 11.7 Å². The molecule has 1 aromatic heterocycles. The van der Waals surface area contributed by atoms with Crippen LogP contribution in [0.1, 0.15) is 24.2 Å². The van der Waals surface area contributed by atoms with E-state index in [1.165, 1.54) is 0 Å². The van der Waals surface area contributed by atoms with Crippen LogP contribution in [0.3, 0.4) is 0 Å². The fourth-order valence-corrected chi connectivity index (χ4v) is 1.91. The lowest BCUT2D eigenvalue weighted by atomic mass is 10.0. The van der Waals surface area contributed by atoms with E-state index in [2.05, 4.69) is 10.3 Å². The van der Waals surface area contributed by atoms with Gasteiger partial charge >= 0.3 is 0 Å². The number of Topliss-reactive ketones (excluding diaryl/α,β-unsaturated/α-hetero) is 1. The second kappa shape index (κ2) is 13.7. The van der Waals surface area contributed by atoms with E-state index in [9.17, 15) is 4.79 Å². The van der Waals surface area contributed by atoms with Gasteiger partial charge in [-0.1, -0.05) is 13.8 Å². The molecule has 0 aliphatic heterocycles. The van der Waals surface area contributed by atoms with Crippen molar-refractivity contribution in [3.8, 4) is 0 Å². The van der Waals surface area contributed by atoms with Crippen LogP contribution in [0.15, 0.2) is 18.3 Å². The Morgan fingerprint density at radius 2 is 1.60 bits per heavy atom. The van der Waals surface area contributed by atoms with Crippen molar-refractivity contribution in [3.05, 3.63) is 23.9 Å². The SMILES string of the molecule is COCCOCCOCCOCCNc1ccc(C(=O)C(C)C)cn1. The van der Waals surface area contributed by atoms with Crippen LogP contribution in [0, 0.1) is 5.92 Å². The number of carbonyl (C=O) groups excluding carboxylic acids is 1. The lowest BCUT2D eigenvalue weighted by molar-refractivity contribution is 0.00495. The minimum atomic E-state index is -0.0202. The summed E-state index contributed by atoms with van der Waals surface area (Å²) in [5, 5.41) is 3.15. The van der Waals surface area contributed by atoms with Crippen molar-refractivity contribution in [2.24, 2.45) is 5.92 Å². The topological polar surface area (TPSA) is 78.9 Å². The lowest BCUT2D eigenvalue weighted by Gasteiger charge is -2.09. The molecule has 7 nitrogen and oxygen atoms in total. The summed E-state index contributed by atoms with van der Waals surface area (Å²) in [4.78, 5) is 16.1. The Hall–Kier alpha value is -1.54. The van der Waals surface area contributed by atoms with Crippen molar-refractivity contribution in [2.45, 2.75) is 13.8 Å². The zero-order chi connectivity index (χ0) is 18.3. The van der Waals surface area contributed by atoms with Crippen LogP contribution < -0.4 is 5.32 Å². The molecule has 0 spiro atoms. The van der Waals surface area contributed by atoms with Gasteiger partial charge in [-0.3, -0.25) is 4.79 Å². The van der Waals surface area contributed by atoms with Crippen LogP contribution in [0.2, 0.25) is 0 Å². The van der Waals surface area contributed by atoms with Crippen LogP contribution in [0.25, 0.3) is 0 Å². The fraction of sp³-hybridized carbons (Fsp3) is 0.667. The lowest BCUT2D eigenvalue weighted by Crippen LogP contribution is -2.15. The van der Waals surface area contributed by atoms with Crippen LogP contribution >= 0.6 is 0 Å². The van der Waals surface area contributed by atoms with Gasteiger partial charge in [-0.15, -0.1) is 0 Å². The highest BCUT2D eigenvalue weighted by Gasteiger charge is 2.10. The summed E-state index contributed by atoms with van der Waals surface area (Å²) in [5.74, 6) is 0.813. The minimum absolute atomic E-state index is 0.0202. The third kappa shape index (κ3) is 10.1. The summed E-state index contributed by atoms with van der Waals surface area (Å²) in [7, 11) is 1.64. The van der Waals surface area contributed by atoms with Crippen molar-refractivity contribution < 1.29 is 23.7 Å². The van der Waals surface area contributed by atoms with Gasteiger partial charge in [0, 0.05) is 31.3 Å². The molecule has 7 heteroatoms. The average Bonchev–Trinajstić information content (AvgIpc) is 2.62. The standard InChI is InChI=1S/C18H30N2O5/c1-15(2)18(21)16-4-5-17(20-14-16)19-6-7-23-10-11-25-13-12-24-9-8-22-3/h4-5,14-15H,6-13H2,1-3H3,(H,19,20). The summed E-state index contributed by atoms with van der Waals surface area (Å²) in [6, 6.07) is 3.60. The molecule has 1 rings (SSSR count). The van der Waals surface area contributed by atoms with Crippen molar-refractivity contribution in [3.63, 3.8) is 0 Å². The maximum Gasteiger partial charge on any atom is 0.166 e. The van der Waals surface area contributed by atoms with E-state index in [1.54, 1.807) is 19.4 Å². The highest BCUT2D eigenvalue weighted by Crippen LogP contribution is 2.09. The maximum absolute atomic E-state index is 11.8. The van der Waals surface area contributed by atoms with Gasteiger partial charge in [0.05, 0.1) is 46.2 Å². The van der Waals surface area contributed by atoms with Gasteiger partial charge in [0.15, 0.2) is 5.78 Å². The van der Waals surface area contributed by atoms with Gasteiger partial charge in [0.2, 0.25) is 0 Å². The molecule has 0 aliphatic carbocycles. The number of ketones is 1. The summed E-state index contributed by atoms with van der Waals surface area (Å²) < 4.78 is 21.0. The number of pyridine rings is 1. The highest BCUT2D eigenvalue weighted by atomic mass is 16.6. The normalized spacial score (nSPS) is 11.0. The Labute approximate surface area is 150 Å². The largest absolute Gasteiger partial charge is 0.382 e. The third-order valence-corrected chi connectivity index (χ3v) is 3.30. The molecule has 0 saturated carbocycles. The number of hydrogen-bond donors (Lipinski definition) is 1. The fourth-order valence-electron chi connectivity index (χ4n) is 1.91. The van der Waals surface area contributed by atoms with E-state index < -0.39 is 0 Å². The van der Waals surface area contributed by atoms with Gasteiger partial charge in [-0.2, -0.15) is 0 Å². The number of methoxy groups -OCH3 is 1. The molecule has 0 saturated heterocycles. The molecular formula is C18H30N2O5. The van der Waals surface area contributed by atoms with E-state index in [1.807, 2.05) is 19.9 Å². The first kappa shape index (κ1) is 21.5. The molecular weight excluding hydrogens is 324 g/mol. The van der Waals surface area contributed by atoms with E-state index in [4.69, 9.17) is 18.9 Å². The van der Waals surface area contributed by atoms with Crippen molar-refractivity contribution in [2.75, 3.05) is 65.2 Å². The van der Waals surface area contributed by atoms with Crippen molar-refractivity contribution in [1.82, 2.24) is 4.98 Å². The number of anilines is 1. The molecule has 0 atom stereocenters. The predicted octanol–water partition coefficient (Wildman–Crippen LogP) is 2.03. The first-order valence-corrected chi connectivity index (χ1v) is 8.61. The second-order valence-corrected chi connectivity index (χ2v) is 5.71. The first-order chi connectivity index (χ1) is 12.1. The Kier molecular flexibility index (Phi) is 11.8. The summed E-state index contributed by atoms with van der Waals surface area (Å²) in [6.45, 7) is 8.33. The van der Waals surface area contributed by atoms with Gasteiger partial charge in [-0.25, -0.2) is 4.98 Å². The van der Waals surface area contributed by atoms with Crippen LogP contribution in [-0.4, -0.2) is 70.7 Å². The summed E-state index contributed by atoms with van der Waals surface area (Å²) in [5.41, 5.74) is 0.639. The molecule has 0 amide bonds. The number of hydrogen-bond acceptors (Lipinski definition) is 7. The summed E-state index contributed by atoms with van der Waals surface area (Å²) >= 11 is 0. The number of ether oxygens (including phenoxy) is 4. The molecule has 0 bridgehead atoms. The van der Waals surface area contributed by atoms with Crippen molar-refractivity contribution >= 4 is 11.6 Å². The Balaban J connectivity index is 1.98. The zero-order valence-electron chi connectivity index (χ0n) is 15.5. The smallest absolute Gasteiger partial charge is 0.166 e. The van der Waals surface area contributed by atoms with Gasteiger partial charge < -0.3 is 24.3 Å². The molecule has 0 aliphatic rings. The summed E-state index contributed by atoms with van der Waals surface area (Å²) in [6.07, 6.45) is 1.61. The Morgan fingerprint density at radius 1 is 1.00 bits per heavy atom. The van der Waals surface area contributed by atoms with Gasteiger partial charge in [-0.05, 0) is 12.1 Å². The second-order valence-electron chi connectivity index (χ2n) is 5.71. The van der Waals surface area contributed by atoms with Crippen LogP contribution in [0.5, 0.6) is 0 Å². The number of nitrogens with one attached hydrogen (secondary N) is 1. The molecule has 1 heterocycles. The first-order valence-electron chi connectivity index (χ1n) is 8.61. The molecule has 0 radical (unpaired) electrons. The van der Waals surface area contributed by atoms with Crippen molar-refractivity contribution in [1.29, 1.82) is 0 Å². The number of aromatic nitrogens is 1. The number of nitrogens with zero attached hydrogens (tertiary/aromatic N) is 1. The van der Waals surface area contributed by atoms with Gasteiger partial charge in [0.1, 0.15) is 5.82 Å². The van der Waals surface area contributed by atoms with Crippen LogP contribution in [0.4, 0.5) is 5.82 Å². The molecule has 1 N–H and O–H groups in total. The number of rotatable bonds is 15. The zero-order valence-corrected chi connectivity index (χ0v) is 15.5. The molecule has 25 heavy (non-hydrogen) atoms. The van der Waals surface area contributed by atoms with E-state index in [0.29, 0.717) is 58.4 Å². The average molecular weight is 354 g/mol. The Morgan fingerprint density at radius 3 is 2.12 bits per heavy atom. The minimum Gasteiger partial charge on any atom is -0.382 e. The maximum atomic E-state index is 11.8. The molecule has 1 aromatic rings. The highest BCUT2D eigenvalue weighted by molar-refractivity contribution is 5.97. The Bertz CT molecular complexity index is 465. The predicted molar refractivity (Wildman–Crippen MR) is 96.2 cm³/mol. The monoisotopic (exact) mass is 354 g/mol. The third-order valence-electron chi connectivity index (χ3n) is 3.30. The van der Waals surface area contributed by atoms with Crippen LogP contribution in [-0.2, 0) is 18.9 Å². The number of carbonyl (C=O) groups is 1. The molecule has 0 aromatic carbocycles. The van der Waals surface area contributed by atoms with Gasteiger partial charge in [0.25, 0.3) is 0 Å². The molecule has 142 valence electrons. The van der Waals surface area contributed by atoms with E-state index in [0.717, 1.165) is 5.82 Å². The van der Waals surface area contributed by atoms with E-state index >= 15 is 0 Å². The quantitative estimate of drug-likeness (QED) is 0.381. The molecule has 0 fully saturated rings. The molecule has 0 unspecified atom stereocenters.